The van der Waals surface area contributed by atoms with Gasteiger partial charge in [0, 0.05) is 31.1 Å². The summed E-state index contributed by atoms with van der Waals surface area (Å²) in [6.45, 7) is 5.49. The molecule has 0 bridgehead atoms. The summed E-state index contributed by atoms with van der Waals surface area (Å²) in [6.07, 6.45) is 0.897. The summed E-state index contributed by atoms with van der Waals surface area (Å²) in [6, 6.07) is 6.01. The van der Waals surface area contributed by atoms with Crippen molar-refractivity contribution < 1.29 is 0 Å². The van der Waals surface area contributed by atoms with E-state index in [-0.39, 0.29) is 24.0 Å². The lowest BCUT2D eigenvalue weighted by atomic mass is 10.3. The van der Waals surface area contributed by atoms with Crippen LogP contribution >= 0.6 is 35.3 Å². The summed E-state index contributed by atoms with van der Waals surface area (Å²) in [7, 11) is 1.77. The molecule has 2 rings (SSSR count). The van der Waals surface area contributed by atoms with Gasteiger partial charge in [-0.1, -0.05) is 6.07 Å². The fraction of sp³-hybridized carbons (Fsp3) is 0.400. The lowest BCUT2D eigenvalue weighted by molar-refractivity contribution is 0.775. The van der Waals surface area contributed by atoms with Crippen molar-refractivity contribution in [3.05, 3.63) is 45.7 Å². The Hall–Kier alpha value is -1.22. The summed E-state index contributed by atoms with van der Waals surface area (Å²) < 4.78 is 0. The van der Waals surface area contributed by atoms with Crippen molar-refractivity contribution in [3.63, 3.8) is 0 Å². The molecule has 0 radical (unpaired) electrons. The van der Waals surface area contributed by atoms with E-state index in [1.54, 1.807) is 18.4 Å². The molecule has 0 spiro atoms. The highest BCUT2D eigenvalue weighted by molar-refractivity contribution is 14.0. The Morgan fingerprint density at radius 3 is 2.64 bits per heavy atom. The number of pyridine rings is 1. The minimum absolute atomic E-state index is 0. The quantitative estimate of drug-likeness (QED) is 0.434. The number of aryl methyl sites for hydroxylation is 2. The van der Waals surface area contributed by atoms with E-state index in [0.717, 1.165) is 41.0 Å². The Bertz CT molecular complexity index is 611. The minimum atomic E-state index is 0. The van der Waals surface area contributed by atoms with Gasteiger partial charge in [-0.2, -0.15) is 0 Å². The van der Waals surface area contributed by atoms with Gasteiger partial charge in [0.1, 0.15) is 0 Å². The highest BCUT2D eigenvalue weighted by Crippen LogP contribution is 2.07. The van der Waals surface area contributed by atoms with Gasteiger partial charge in [-0.15, -0.1) is 35.3 Å². The first-order valence-corrected chi connectivity index (χ1v) is 7.83. The topological polar surface area (TPSA) is 62.2 Å². The van der Waals surface area contributed by atoms with Crippen LogP contribution in [0.1, 0.15) is 22.1 Å². The maximum Gasteiger partial charge on any atom is 0.191 e. The predicted molar refractivity (Wildman–Crippen MR) is 103 cm³/mol. The maximum atomic E-state index is 4.46. The number of nitrogens with one attached hydrogen (secondary N) is 2. The van der Waals surface area contributed by atoms with Gasteiger partial charge in [0.15, 0.2) is 5.96 Å². The molecule has 2 N–H and O–H groups in total. The fourth-order valence-corrected chi connectivity index (χ4v) is 2.57. The second-order valence-electron chi connectivity index (χ2n) is 4.73. The zero-order chi connectivity index (χ0) is 15.1. The normalized spacial score (nSPS) is 11.0. The predicted octanol–water partition coefficient (Wildman–Crippen LogP) is 2.68. The highest BCUT2D eigenvalue weighted by Gasteiger charge is 2.01. The van der Waals surface area contributed by atoms with E-state index in [0.29, 0.717) is 6.54 Å². The summed E-state index contributed by atoms with van der Waals surface area (Å²) >= 11 is 1.68. The second kappa shape index (κ2) is 9.73. The zero-order valence-corrected chi connectivity index (χ0v) is 16.2. The number of aromatic nitrogens is 2. The Morgan fingerprint density at radius 1 is 1.18 bits per heavy atom. The van der Waals surface area contributed by atoms with E-state index in [1.807, 2.05) is 32.0 Å². The standard InChI is InChI=1S/C15H21N5S.HI/c1-11-5-4-6-13(19-11)9-18-15(16-3)17-8-7-14-10-21-12(2)20-14;/h4-6,10H,7-9H2,1-3H3,(H2,16,17,18);1H. The largest absolute Gasteiger partial charge is 0.356 e. The van der Waals surface area contributed by atoms with Crippen LogP contribution in [0, 0.1) is 13.8 Å². The summed E-state index contributed by atoms with van der Waals surface area (Å²) in [5, 5.41) is 9.76. The fourth-order valence-electron chi connectivity index (χ4n) is 1.92. The monoisotopic (exact) mass is 431 g/mol. The van der Waals surface area contributed by atoms with Crippen molar-refractivity contribution in [2.45, 2.75) is 26.8 Å². The lowest BCUT2D eigenvalue weighted by Crippen LogP contribution is -2.38. The van der Waals surface area contributed by atoms with Crippen LogP contribution in [0.3, 0.4) is 0 Å². The molecule has 2 heterocycles. The molecule has 2 aromatic heterocycles. The van der Waals surface area contributed by atoms with Gasteiger partial charge in [-0.3, -0.25) is 9.98 Å². The maximum absolute atomic E-state index is 4.46. The third-order valence-corrected chi connectivity index (χ3v) is 3.77. The van der Waals surface area contributed by atoms with E-state index in [2.05, 4.69) is 31.0 Å². The molecule has 0 atom stereocenters. The van der Waals surface area contributed by atoms with Crippen LogP contribution in [-0.4, -0.2) is 29.5 Å². The van der Waals surface area contributed by atoms with Gasteiger partial charge in [0.05, 0.1) is 22.9 Å². The van der Waals surface area contributed by atoms with Crippen LogP contribution in [0.5, 0.6) is 0 Å². The molecule has 0 aromatic carbocycles. The minimum Gasteiger partial charge on any atom is -0.356 e. The van der Waals surface area contributed by atoms with Gasteiger partial charge in [0.25, 0.3) is 0 Å². The van der Waals surface area contributed by atoms with Crippen molar-refractivity contribution >= 4 is 41.3 Å². The Balaban J connectivity index is 0.00000242. The summed E-state index contributed by atoms with van der Waals surface area (Å²) in [5.74, 6) is 0.783. The van der Waals surface area contributed by atoms with Crippen LogP contribution in [0.25, 0.3) is 0 Å². The average molecular weight is 431 g/mol. The Labute approximate surface area is 152 Å². The molecule has 120 valence electrons. The van der Waals surface area contributed by atoms with E-state index in [9.17, 15) is 0 Å². The van der Waals surface area contributed by atoms with Crippen LogP contribution < -0.4 is 10.6 Å². The highest BCUT2D eigenvalue weighted by atomic mass is 127. The first kappa shape index (κ1) is 18.8. The smallest absolute Gasteiger partial charge is 0.191 e. The lowest BCUT2D eigenvalue weighted by Gasteiger charge is -2.11. The van der Waals surface area contributed by atoms with Gasteiger partial charge in [0.2, 0.25) is 0 Å². The molecule has 22 heavy (non-hydrogen) atoms. The molecule has 0 aliphatic heterocycles. The van der Waals surface area contributed by atoms with Crippen LogP contribution in [-0.2, 0) is 13.0 Å². The number of halogens is 1. The second-order valence-corrected chi connectivity index (χ2v) is 5.79. The Morgan fingerprint density at radius 2 is 2.00 bits per heavy atom. The van der Waals surface area contributed by atoms with Gasteiger partial charge in [-0.25, -0.2) is 4.98 Å². The number of aliphatic imine (C=N–C) groups is 1. The summed E-state index contributed by atoms with van der Waals surface area (Å²) in [5.41, 5.74) is 3.16. The molecule has 0 aliphatic rings. The molecule has 7 heteroatoms. The molecule has 0 aliphatic carbocycles. The molecule has 2 aromatic rings. The van der Waals surface area contributed by atoms with E-state index < -0.39 is 0 Å². The SMILES string of the molecule is CN=C(NCCc1csc(C)n1)NCc1cccc(C)n1.I. The van der Waals surface area contributed by atoms with Gasteiger partial charge in [-0.05, 0) is 26.0 Å². The van der Waals surface area contributed by atoms with Crippen molar-refractivity contribution in [3.8, 4) is 0 Å². The van der Waals surface area contributed by atoms with Crippen molar-refractivity contribution in [1.29, 1.82) is 0 Å². The number of guanidine groups is 1. The number of thiazole rings is 1. The number of nitrogens with zero attached hydrogens (tertiary/aromatic N) is 3. The number of hydrogen-bond donors (Lipinski definition) is 2. The van der Waals surface area contributed by atoms with E-state index >= 15 is 0 Å². The molecular formula is C15H22IN5S. The third-order valence-electron chi connectivity index (χ3n) is 2.95. The third kappa shape index (κ3) is 6.27. The van der Waals surface area contributed by atoms with E-state index in [1.165, 1.54) is 0 Å². The first-order valence-electron chi connectivity index (χ1n) is 6.95. The van der Waals surface area contributed by atoms with Gasteiger partial charge < -0.3 is 10.6 Å². The van der Waals surface area contributed by atoms with E-state index in [4.69, 9.17) is 0 Å². The van der Waals surface area contributed by atoms with Crippen molar-refractivity contribution in [2.24, 2.45) is 4.99 Å². The van der Waals surface area contributed by atoms with Crippen LogP contribution in [0.2, 0.25) is 0 Å². The van der Waals surface area contributed by atoms with Gasteiger partial charge >= 0.3 is 0 Å². The molecule has 0 fully saturated rings. The Kier molecular flexibility index (Phi) is 8.32. The zero-order valence-electron chi connectivity index (χ0n) is 13.1. The molecular weight excluding hydrogens is 409 g/mol. The summed E-state index contributed by atoms with van der Waals surface area (Å²) in [4.78, 5) is 13.1. The first-order chi connectivity index (χ1) is 10.2. The van der Waals surface area contributed by atoms with Crippen molar-refractivity contribution in [2.75, 3.05) is 13.6 Å². The average Bonchev–Trinajstić information content (AvgIpc) is 2.88. The van der Waals surface area contributed by atoms with Crippen LogP contribution in [0.4, 0.5) is 0 Å². The molecule has 5 nitrogen and oxygen atoms in total. The molecule has 0 unspecified atom stereocenters. The van der Waals surface area contributed by atoms with Crippen LogP contribution in [0.15, 0.2) is 28.6 Å². The molecule has 0 saturated carbocycles. The molecule has 0 saturated heterocycles. The van der Waals surface area contributed by atoms with Crippen molar-refractivity contribution in [1.82, 2.24) is 20.6 Å². The number of hydrogen-bond acceptors (Lipinski definition) is 4. The number of rotatable bonds is 5. The molecule has 0 amide bonds.